The molecule has 0 fully saturated rings. The minimum Gasteiger partial charge on any atom is -0.104 e. The van der Waals surface area contributed by atoms with Crippen LogP contribution in [0.15, 0.2) is 23.4 Å². The maximum atomic E-state index is 2.75. The highest BCUT2D eigenvalue weighted by molar-refractivity contribution is 7.62. The van der Waals surface area contributed by atoms with E-state index in [0.29, 0.717) is 0 Å². The fourth-order valence-electron chi connectivity index (χ4n) is 4.50. The van der Waals surface area contributed by atoms with E-state index in [-0.39, 0.29) is 15.8 Å². The van der Waals surface area contributed by atoms with Gasteiger partial charge in [-0.2, -0.15) is 0 Å². The number of rotatable bonds is 10. The van der Waals surface area contributed by atoms with E-state index < -0.39 is 16.1 Å². The molecule has 0 amide bonds. The lowest BCUT2D eigenvalue weighted by Gasteiger charge is -2.36. The number of hydrogen-bond donors (Lipinski definition) is 0. The molecular weight excluding hydrogens is 394 g/mol. The topological polar surface area (TPSA) is 0 Å². The Morgan fingerprint density at radius 3 is 1.56 bits per heavy atom. The van der Waals surface area contributed by atoms with Crippen molar-refractivity contribution in [3.05, 3.63) is 23.4 Å². The van der Waals surface area contributed by atoms with Crippen molar-refractivity contribution in [2.24, 2.45) is 0 Å². The summed E-state index contributed by atoms with van der Waals surface area (Å²) >= 11 is 0. The molecule has 0 radical (unpaired) electrons. The van der Waals surface area contributed by atoms with Crippen LogP contribution in [0, 0.1) is 0 Å². The Kier molecular flexibility index (Phi) is 9.74. The average molecular weight is 443 g/mol. The standard InChI is InChI=1S/C23H48P2Si2/c1-18(2)24(19(3)4)16-26(9,10)22-13-14-23(15-22)27(11,12)17-25(20(5)6)21(7)8/h13-15,18-22H,16-17H2,1-12H3. The molecule has 0 aromatic heterocycles. The van der Waals surface area contributed by atoms with Crippen LogP contribution in [0.2, 0.25) is 31.7 Å². The molecule has 4 heteroatoms. The van der Waals surface area contributed by atoms with E-state index in [9.17, 15) is 0 Å². The third-order valence-electron chi connectivity index (χ3n) is 6.35. The molecule has 0 bridgehead atoms. The van der Waals surface area contributed by atoms with Crippen molar-refractivity contribution in [2.75, 3.05) is 11.6 Å². The molecule has 1 aliphatic rings. The average Bonchev–Trinajstić information content (AvgIpc) is 3.01. The summed E-state index contributed by atoms with van der Waals surface area (Å²) in [5.41, 5.74) is 4.23. The van der Waals surface area contributed by atoms with E-state index >= 15 is 0 Å². The van der Waals surface area contributed by atoms with Crippen LogP contribution in [-0.4, -0.2) is 50.4 Å². The van der Waals surface area contributed by atoms with Crippen molar-refractivity contribution < 1.29 is 0 Å². The van der Waals surface area contributed by atoms with Crippen molar-refractivity contribution >= 4 is 32.0 Å². The maximum absolute atomic E-state index is 2.75. The van der Waals surface area contributed by atoms with E-state index in [1.165, 1.54) is 11.6 Å². The Morgan fingerprint density at radius 1 is 0.741 bits per heavy atom. The van der Waals surface area contributed by atoms with Gasteiger partial charge in [0.1, 0.15) is 0 Å². The fraction of sp³-hybridized carbons (Fsp3) is 0.826. The van der Waals surface area contributed by atoms with Gasteiger partial charge in [-0.1, -0.05) is 105 Å². The molecule has 27 heavy (non-hydrogen) atoms. The van der Waals surface area contributed by atoms with Crippen LogP contribution >= 0.6 is 15.8 Å². The summed E-state index contributed by atoms with van der Waals surface area (Å²) in [5, 5.41) is 1.76. The summed E-state index contributed by atoms with van der Waals surface area (Å²) in [6.45, 7) is 30.2. The zero-order valence-corrected chi connectivity index (χ0v) is 24.2. The van der Waals surface area contributed by atoms with Gasteiger partial charge in [-0.05, 0) is 39.7 Å². The second-order valence-corrected chi connectivity index (χ2v) is 28.8. The van der Waals surface area contributed by atoms with Crippen molar-refractivity contribution in [3.63, 3.8) is 0 Å². The van der Waals surface area contributed by atoms with Gasteiger partial charge in [-0.25, -0.2) is 0 Å². The zero-order valence-electron chi connectivity index (χ0n) is 20.4. The zero-order chi connectivity index (χ0) is 21.2. The number of allylic oxidation sites excluding steroid dienone is 4. The van der Waals surface area contributed by atoms with E-state index in [1.807, 2.05) is 0 Å². The summed E-state index contributed by atoms with van der Waals surface area (Å²) in [4.78, 5) is 0. The van der Waals surface area contributed by atoms with E-state index in [0.717, 1.165) is 28.2 Å². The lowest BCUT2D eigenvalue weighted by atomic mass is 10.5. The Morgan fingerprint density at radius 2 is 1.15 bits per heavy atom. The van der Waals surface area contributed by atoms with Gasteiger partial charge in [0.25, 0.3) is 0 Å². The van der Waals surface area contributed by atoms with Gasteiger partial charge in [0, 0.05) is 0 Å². The van der Waals surface area contributed by atoms with Gasteiger partial charge in [-0.15, -0.1) is 15.8 Å². The Hall–Kier alpha value is 0.774. The first-order chi connectivity index (χ1) is 12.2. The predicted octanol–water partition coefficient (Wildman–Crippen LogP) is 8.48. The third kappa shape index (κ3) is 7.20. The predicted molar refractivity (Wildman–Crippen MR) is 140 cm³/mol. The molecular formula is C23H48P2Si2. The molecule has 0 nitrogen and oxygen atoms in total. The van der Waals surface area contributed by atoms with Crippen LogP contribution < -0.4 is 0 Å². The van der Waals surface area contributed by atoms with Gasteiger partial charge >= 0.3 is 0 Å². The smallest absolute Gasteiger partial charge is 0.0844 e. The molecule has 0 spiro atoms. The first-order valence-corrected chi connectivity index (χ1v) is 20.9. The maximum Gasteiger partial charge on any atom is 0.0844 e. The molecule has 1 rings (SSSR count). The minimum atomic E-state index is -1.33. The SMILES string of the molecule is CC(C)P(C[Si](C)(C)C1=CC([Si](C)(C)CP(C(C)C)C(C)C)C=C1)C(C)C. The summed E-state index contributed by atoms with van der Waals surface area (Å²) in [6.07, 6.45) is 7.92. The molecule has 1 aliphatic carbocycles. The van der Waals surface area contributed by atoms with Gasteiger partial charge < -0.3 is 0 Å². The molecule has 0 heterocycles. The molecule has 0 saturated carbocycles. The first kappa shape index (κ1) is 25.8. The summed E-state index contributed by atoms with van der Waals surface area (Å²) in [7, 11) is -2.30. The van der Waals surface area contributed by atoms with E-state index in [4.69, 9.17) is 0 Å². The van der Waals surface area contributed by atoms with Crippen molar-refractivity contribution in [3.8, 4) is 0 Å². The van der Waals surface area contributed by atoms with Crippen molar-refractivity contribution in [2.45, 2.75) is 110 Å². The van der Waals surface area contributed by atoms with Gasteiger partial charge in [0.05, 0.1) is 16.1 Å². The largest absolute Gasteiger partial charge is 0.104 e. The highest BCUT2D eigenvalue weighted by Crippen LogP contribution is 2.52. The lowest BCUT2D eigenvalue weighted by molar-refractivity contribution is 1.01. The van der Waals surface area contributed by atoms with Crippen LogP contribution in [0.1, 0.15) is 55.4 Å². The van der Waals surface area contributed by atoms with Crippen LogP contribution in [0.4, 0.5) is 0 Å². The Balaban J connectivity index is 2.96. The monoisotopic (exact) mass is 442 g/mol. The quantitative estimate of drug-likeness (QED) is 0.235. The summed E-state index contributed by atoms with van der Waals surface area (Å²) < 4.78 is 0. The van der Waals surface area contributed by atoms with Crippen LogP contribution in [0.25, 0.3) is 0 Å². The third-order valence-corrected chi connectivity index (χ3v) is 25.1. The molecule has 0 saturated heterocycles. The fourth-order valence-corrected chi connectivity index (χ4v) is 24.3. The second kappa shape index (κ2) is 10.2. The Labute approximate surface area is 176 Å². The van der Waals surface area contributed by atoms with Gasteiger partial charge in [0.15, 0.2) is 0 Å². The number of hydrogen-bond acceptors (Lipinski definition) is 0. The van der Waals surface area contributed by atoms with Crippen molar-refractivity contribution in [1.29, 1.82) is 0 Å². The molecule has 1 atom stereocenters. The molecule has 1 unspecified atom stereocenters. The molecule has 0 aliphatic heterocycles. The van der Waals surface area contributed by atoms with Gasteiger partial charge in [0.2, 0.25) is 0 Å². The molecule has 158 valence electrons. The van der Waals surface area contributed by atoms with Crippen LogP contribution in [-0.2, 0) is 0 Å². The highest BCUT2D eigenvalue weighted by Gasteiger charge is 2.38. The van der Waals surface area contributed by atoms with Crippen LogP contribution in [0.5, 0.6) is 0 Å². The van der Waals surface area contributed by atoms with Crippen molar-refractivity contribution in [1.82, 2.24) is 0 Å². The summed E-state index contributed by atoms with van der Waals surface area (Å²) in [6, 6.07) is 0. The highest BCUT2D eigenvalue weighted by atomic mass is 31.1. The molecule has 0 N–H and O–H groups in total. The lowest BCUT2D eigenvalue weighted by Crippen LogP contribution is -2.37. The second-order valence-electron chi connectivity index (χ2n) is 11.1. The normalized spacial score (nSPS) is 18.9. The van der Waals surface area contributed by atoms with E-state index in [2.05, 4.69) is 99.8 Å². The first-order valence-electron chi connectivity index (χ1n) is 11.1. The summed E-state index contributed by atoms with van der Waals surface area (Å²) in [5.74, 6) is 3.04. The molecule has 0 aromatic carbocycles. The van der Waals surface area contributed by atoms with Crippen LogP contribution in [0.3, 0.4) is 0 Å². The van der Waals surface area contributed by atoms with E-state index in [1.54, 1.807) is 5.20 Å². The molecule has 0 aromatic rings. The Bertz CT molecular complexity index is 514. The minimum absolute atomic E-state index is 0.145. The van der Waals surface area contributed by atoms with Gasteiger partial charge in [-0.3, -0.25) is 0 Å².